The second-order valence-corrected chi connectivity index (χ2v) is 5.06. The minimum absolute atomic E-state index is 0.271. The van der Waals surface area contributed by atoms with Crippen molar-refractivity contribution in [3.8, 4) is 16.9 Å². The van der Waals surface area contributed by atoms with Gasteiger partial charge in [-0.2, -0.15) is 0 Å². The van der Waals surface area contributed by atoms with E-state index in [9.17, 15) is 4.39 Å². The third-order valence-electron chi connectivity index (χ3n) is 3.14. The van der Waals surface area contributed by atoms with Crippen molar-refractivity contribution in [2.75, 3.05) is 7.11 Å². The summed E-state index contributed by atoms with van der Waals surface area (Å²) in [6.45, 7) is 4.98. The molecule has 2 aromatic carbocycles. The highest BCUT2D eigenvalue weighted by molar-refractivity contribution is 5.66. The first kappa shape index (κ1) is 14.5. The van der Waals surface area contributed by atoms with Gasteiger partial charge in [0.05, 0.1) is 7.11 Å². The van der Waals surface area contributed by atoms with Gasteiger partial charge in [0.2, 0.25) is 0 Å². The predicted molar refractivity (Wildman–Crippen MR) is 80.4 cm³/mol. The van der Waals surface area contributed by atoms with Crippen LogP contribution in [-0.2, 0) is 6.54 Å². The lowest BCUT2D eigenvalue weighted by molar-refractivity contribution is 0.387. The smallest absolute Gasteiger partial charge is 0.172 e. The van der Waals surface area contributed by atoms with Crippen LogP contribution in [0.15, 0.2) is 42.5 Å². The Morgan fingerprint density at radius 3 is 2.60 bits per heavy atom. The molecule has 20 heavy (non-hydrogen) atoms. The van der Waals surface area contributed by atoms with Gasteiger partial charge in [0.15, 0.2) is 11.6 Å². The molecule has 0 atom stereocenters. The number of benzene rings is 2. The highest BCUT2D eigenvalue weighted by Crippen LogP contribution is 2.29. The number of rotatable bonds is 5. The molecule has 0 unspecified atom stereocenters. The normalized spacial score (nSPS) is 10.8. The Bertz CT molecular complexity index is 581. The van der Waals surface area contributed by atoms with Crippen molar-refractivity contribution in [2.45, 2.75) is 26.4 Å². The minimum Gasteiger partial charge on any atom is -0.494 e. The summed E-state index contributed by atoms with van der Waals surface area (Å²) in [5.74, 6) is -0.0443. The van der Waals surface area contributed by atoms with Crippen LogP contribution in [0.1, 0.15) is 19.4 Å². The molecule has 0 aliphatic heterocycles. The summed E-state index contributed by atoms with van der Waals surface area (Å²) in [4.78, 5) is 0. The van der Waals surface area contributed by atoms with E-state index >= 15 is 0 Å². The predicted octanol–water partition coefficient (Wildman–Crippen LogP) is 4.00. The van der Waals surface area contributed by atoms with Crippen molar-refractivity contribution in [1.82, 2.24) is 5.32 Å². The molecule has 0 saturated carbocycles. The van der Waals surface area contributed by atoms with E-state index in [2.05, 4.69) is 19.2 Å². The quantitative estimate of drug-likeness (QED) is 0.889. The van der Waals surface area contributed by atoms with Crippen molar-refractivity contribution in [1.29, 1.82) is 0 Å². The molecule has 0 saturated heterocycles. The van der Waals surface area contributed by atoms with E-state index in [1.165, 1.54) is 7.11 Å². The van der Waals surface area contributed by atoms with Gasteiger partial charge >= 0.3 is 0 Å². The number of halogens is 1. The van der Waals surface area contributed by atoms with E-state index in [0.717, 1.165) is 17.7 Å². The molecular formula is C17H20FNO. The molecule has 1 N–H and O–H groups in total. The first-order valence-electron chi connectivity index (χ1n) is 6.77. The summed E-state index contributed by atoms with van der Waals surface area (Å²) < 4.78 is 19.3. The molecule has 0 amide bonds. The molecular weight excluding hydrogens is 253 g/mol. The first-order valence-corrected chi connectivity index (χ1v) is 6.77. The Balaban J connectivity index is 2.31. The van der Waals surface area contributed by atoms with Gasteiger partial charge in [-0.3, -0.25) is 0 Å². The highest BCUT2D eigenvalue weighted by Gasteiger charge is 2.10. The van der Waals surface area contributed by atoms with Crippen molar-refractivity contribution < 1.29 is 9.13 Å². The van der Waals surface area contributed by atoms with Crippen molar-refractivity contribution in [3.63, 3.8) is 0 Å². The van der Waals surface area contributed by atoms with Crippen LogP contribution >= 0.6 is 0 Å². The molecule has 0 spiro atoms. The van der Waals surface area contributed by atoms with Crippen LogP contribution in [0.4, 0.5) is 4.39 Å². The van der Waals surface area contributed by atoms with Crippen LogP contribution in [0, 0.1) is 5.82 Å². The number of nitrogens with one attached hydrogen (secondary N) is 1. The molecule has 0 aliphatic carbocycles. The molecule has 0 fully saturated rings. The van der Waals surface area contributed by atoms with Crippen molar-refractivity contribution in [3.05, 3.63) is 53.8 Å². The monoisotopic (exact) mass is 273 g/mol. The van der Waals surface area contributed by atoms with Crippen LogP contribution < -0.4 is 10.1 Å². The van der Waals surface area contributed by atoms with Gasteiger partial charge in [0.1, 0.15) is 0 Å². The second-order valence-electron chi connectivity index (χ2n) is 5.06. The Morgan fingerprint density at radius 2 is 1.90 bits per heavy atom. The highest BCUT2D eigenvalue weighted by atomic mass is 19.1. The van der Waals surface area contributed by atoms with Gasteiger partial charge < -0.3 is 10.1 Å². The van der Waals surface area contributed by atoms with E-state index in [1.54, 1.807) is 18.2 Å². The van der Waals surface area contributed by atoms with Gasteiger partial charge in [-0.25, -0.2) is 4.39 Å². The van der Waals surface area contributed by atoms with Gasteiger partial charge in [0.25, 0.3) is 0 Å². The maximum Gasteiger partial charge on any atom is 0.172 e. The third kappa shape index (κ3) is 3.36. The Morgan fingerprint density at radius 1 is 1.15 bits per heavy atom. The fourth-order valence-corrected chi connectivity index (χ4v) is 2.06. The lowest BCUT2D eigenvalue weighted by atomic mass is 10.0. The summed E-state index contributed by atoms with van der Waals surface area (Å²) in [5.41, 5.74) is 2.57. The van der Waals surface area contributed by atoms with Gasteiger partial charge in [-0.1, -0.05) is 44.2 Å². The van der Waals surface area contributed by atoms with Crippen LogP contribution in [0.5, 0.6) is 5.75 Å². The molecule has 106 valence electrons. The minimum atomic E-state index is -0.316. The number of methoxy groups -OCH3 is 1. The zero-order chi connectivity index (χ0) is 14.5. The van der Waals surface area contributed by atoms with Gasteiger partial charge in [-0.15, -0.1) is 0 Å². The standard InChI is InChI=1S/C17H20FNO/c1-12(2)19-11-13-6-4-7-14(10-13)15-8-5-9-16(20-3)17(15)18/h4-10,12,19H,11H2,1-3H3. The summed E-state index contributed by atoms with van der Waals surface area (Å²) >= 11 is 0. The topological polar surface area (TPSA) is 21.3 Å². The van der Waals surface area contributed by atoms with Crippen LogP contribution in [0.3, 0.4) is 0 Å². The van der Waals surface area contributed by atoms with Gasteiger partial charge in [-0.05, 0) is 23.3 Å². The largest absolute Gasteiger partial charge is 0.494 e. The second kappa shape index (κ2) is 6.53. The van der Waals surface area contributed by atoms with E-state index in [-0.39, 0.29) is 11.6 Å². The summed E-state index contributed by atoms with van der Waals surface area (Å²) in [5, 5.41) is 3.36. The van der Waals surface area contributed by atoms with E-state index < -0.39 is 0 Å². The van der Waals surface area contributed by atoms with Crippen LogP contribution in [0.2, 0.25) is 0 Å². The summed E-state index contributed by atoms with van der Waals surface area (Å²) in [6.07, 6.45) is 0. The van der Waals surface area contributed by atoms with Crippen LogP contribution in [-0.4, -0.2) is 13.2 Å². The summed E-state index contributed by atoms with van der Waals surface area (Å²) in [7, 11) is 1.48. The van der Waals surface area contributed by atoms with Crippen molar-refractivity contribution >= 4 is 0 Å². The Labute approximate surface area is 119 Å². The zero-order valence-corrected chi connectivity index (χ0v) is 12.1. The average Bonchev–Trinajstić information content (AvgIpc) is 2.45. The molecule has 0 radical (unpaired) electrons. The molecule has 0 heterocycles. The number of hydrogen-bond donors (Lipinski definition) is 1. The lowest BCUT2D eigenvalue weighted by Gasteiger charge is -2.11. The Kier molecular flexibility index (Phi) is 4.74. The fourth-order valence-electron chi connectivity index (χ4n) is 2.06. The van der Waals surface area contributed by atoms with E-state index in [4.69, 9.17) is 4.74 Å². The average molecular weight is 273 g/mol. The molecule has 0 aliphatic rings. The number of ether oxygens (including phenoxy) is 1. The fraction of sp³-hybridized carbons (Fsp3) is 0.294. The molecule has 2 aromatic rings. The van der Waals surface area contributed by atoms with E-state index in [0.29, 0.717) is 11.6 Å². The molecule has 2 nitrogen and oxygen atoms in total. The van der Waals surface area contributed by atoms with E-state index in [1.807, 2.05) is 24.3 Å². The zero-order valence-electron chi connectivity index (χ0n) is 12.1. The first-order chi connectivity index (χ1) is 9.61. The SMILES string of the molecule is COc1cccc(-c2cccc(CNC(C)C)c2)c1F. The van der Waals surface area contributed by atoms with Crippen LogP contribution in [0.25, 0.3) is 11.1 Å². The molecule has 0 aromatic heterocycles. The van der Waals surface area contributed by atoms with Crippen molar-refractivity contribution in [2.24, 2.45) is 0 Å². The summed E-state index contributed by atoms with van der Waals surface area (Å²) in [6, 6.07) is 13.5. The lowest BCUT2D eigenvalue weighted by Crippen LogP contribution is -2.21. The third-order valence-corrected chi connectivity index (χ3v) is 3.14. The molecule has 2 rings (SSSR count). The molecule has 0 bridgehead atoms. The number of hydrogen-bond acceptors (Lipinski definition) is 2. The molecule has 3 heteroatoms. The maximum absolute atomic E-state index is 14.3. The maximum atomic E-state index is 14.3. The van der Waals surface area contributed by atoms with Gasteiger partial charge in [0, 0.05) is 18.2 Å². The Hall–Kier alpha value is -1.87.